The van der Waals surface area contributed by atoms with Crippen molar-refractivity contribution in [3.63, 3.8) is 0 Å². The molecular formula is C35H44N6O4. The fraction of sp³-hybridized carbons (Fsp3) is 0.543. The lowest BCUT2D eigenvalue weighted by molar-refractivity contribution is 0.0144. The van der Waals surface area contributed by atoms with Gasteiger partial charge in [-0.15, -0.1) is 0 Å². The summed E-state index contributed by atoms with van der Waals surface area (Å²) in [4.78, 5) is 29.3. The van der Waals surface area contributed by atoms with Crippen LogP contribution in [0.3, 0.4) is 0 Å². The Hall–Kier alpha value is -4.10. The monoisotopic (exact) mass is 612 g/mol. The van der Waals surface area contributed by atoms with Crippen LogP contribution in [0.2, 0.25) is 0 Å². The first-order chi connectivity index (χ1) is 21.6. The van der Waals surface area contributed by atoms with Crippen LogP contribution < -0.4 is 9.64 Å². The Bertz CT molecular complexity index is 1600. The number of anilines is 1. The average molecular weight is 613 g/mol. The number of fused-ring (bicyclic) bond motifs is 2. The van der Waals surface area contributed by atoms with Crippen molar-refractivity contribution in [2.75, 3.05) is 44.7 Å². The van der Waals surface area contributed by atoms with Crippen LogP contribution >= 0.6 is 0 Å². The Morgan fingerprint density at radius 3 is 2.69 bits per heavy atom. The van der Waals surface area contributed by atoms with E-state index in [2.05, 4.69) is 29.0 Å². The van der Waals surface area contributed by atoms with Crippen molar-refractivity contribution in [1.82, 2.24) is 19.8 Å². The second-order valence-corrected chi connectivity index (χ2v) is 13.7. The molecule has 2 fully saturated rings. The summed E-state index contributed by atoms with van der Waals surface area (Å²) in [5.41, 5.74) is 2.58. The third kappa shape index (κ3) is 6.79. The molecule has 1 N–H and O–H groups in total. The van der Waals surface area contributed by atoms with E-state index in [-0.39, 0.29) is 24.1 Å². The molecule has 10 nitrogen and oxygen atoms in total. The molecule has 0 saturated carbocycles. The Balaban J connectivity index is 1.32. The summed E-state index contributed by atoms with van der Waals surface area (Å²) in [6.07, 6.45) is 4.43. The molecule has 6 rings (SSSR count). The molecule has 1 aliphatic carbocycles. The lowest BCUT2D eigenvalue weighted by atomic mass is 9.80. The molecule has 238 valence electrons. The van der Waals surface area contributed by atoms with Crippen LogP contribution in [0.4, 0.5) is 10.6 Å². The van der Waals surface area contributed by atoms with Crippen LogP contribution in [0.1, 0.15) is 69.2 Å². The molecule has 0 radical (unpaired) electrons. The highest BCUT2D eigenvalue weighted by molar-refractivity contribution is 5.87. The normalized spacial score (nSPS) is 22.2. The van der Waals surface area contributed by atoms with E-state index in [1.54, 1.807) is 4.90 Å². The number of aromatic hydroxyl groups is 1. The summed E-state index contributed by atoms with van der Waals surface area (Å²) < 4.78 is 12.0. The predicted molar refractivity (Wildman–Crippen MR) is 173 cm³/mol. The van der Waals surface area contributed by atoms with Crippen molar-refractivity contribution in [3.8, 4) is 17.8 Å². The van der Waals surface area contributed by atoms with Crippen molar-refractivity contribution in [1.29, 1.82) is 5.26 Å². The van der Waals surface area contributed by atoms with E-state index in [9.17, 15) is 15.2 Å². The van der Waals surface area contributed by atoms with Crippen LogP contribution in [0, 0.1) is 11.3 Å². The molecule has 3 aliphatic rings. The molecule has 0 bridgehead atoms. The van der Waals surface area contributed by atoms with Gasteiger partial charge in [-0.1, -0.05) is 24.3 Å². The van der Waals surface area contributed by atoms with Gasteiger partial charge in [-0.2, -0.15) is 15.2 Å². The molecule has 3 aromatic rings. The van der Waals surface area contributed by atoms with Gasteiger partial charge in [-0.25, -0.2) is 4.79 Å². The maximum Gasteiger partial charge on any atom is 0.410 e. The molecule has 2 aromatic carbocycles. The average Bonchev–Trinajstić information content (AvgIpc) is 3.42. The Morgan fingerprint density at radius 2 is 1.93 bits per heavy atom. The quantitative estimate of drug-likeness (QED) is 0.390. The molecule has 1 aromatic heterocycles. The number of likely N-dealkylation sites (N-methyl/N-ethyl adjacent to an activating group) is 1. The SMILES string of the molecule is CN1CCC[C@H]1COc1nc2c(c(N3CCN(C(=O)OC(C)(C)C)C(CC#N)C3)n1)CCC(c1cc(O)cc3ccccc13)C2. The van der Waals surface area contributed by atoms with Gasteiger partial charge in [0.05, 0.1) is 24.2 Å². The smallest absolute Gasteiger partial charge is 0.410 e. The number of carbonyl (C=O) groups is 1. The summed E-state index contributed by atoms with van der Waals surface area (Å²) in [6, 6.07) is 14.6. The van der Waals surface area contributed by atoms with Gasteiger partial charge >= 0.3 is 12.1 Å². The zero-order chi connectivity index (χ0) is 31.7. The number of amides is 1. The van der Waals surface area contributed by atoms with Crippen molar-refractivity contribution < 1.29 is 19.4 Å². The fourth-order valence-electron chi connectivity index (χ4n) is 7.08. The highest BCUT2D eigenvalue weighted by atomic mass is 16.6. The number of hydrogen-bond acceptors (Lipinski definition) is 9. The van der Waals surface area contributed by atoms with Gasteiger partial charge in [0, 0.05) is 31.2 Å². The van der Waals surface area contributed by atoms with Gasteiger partial charge in [-0.3, -0.25) is 0 Å². The van der Waals surface area contributed by atoms with Gasteiger partial charge in [0.1, 0.15) is 23.8 Å². The van der Waals surface area contributed by atoms with E-state index in [4.69, 9.17) is 19.4 Å². The summed E-state index contributed by atoms with van der Waals surface area (Å²) in [7, 11) is 2.13. The third-order valence-electron chi connectivity index (χ3n) is 9.36. The van der Waals surface area contributed by atoms with Gasteiger partial charge in [0.15, 0.2) is 0 Å². The highest BCUT2D eigenvalue weighted by Crippen LogP contribution is 2.40. The van der Waals surface area contributed by atoms with Gasteiger partial charge in [0.2, 0.25) is 0 Å². The van der Waals surface area contributed by atoms with Crippen molar-refractivity contribution in [2.45, 2.75) is 82.9 Å². The predicted octanol–water partition coefficient (Wildman–Crippen LogP) is 5.42. The third-order valence-corrected chi connectivity index (χ3v) is 9.36. The van der Waals surface area contributed by atoms with Crippen molar-refractivity contribution in [2.24, 2.45) is 0 Å². The van der Waals surface area contributed by atoms with E-state index in [0.717, 1.165) is 65.6 Å². The van der Waals surface area contributed by atoms with Crippen LogP contribution in [0.15, 0.2) is 36.4 Å². The zero-order valence-electron chi connectivity index (χ0n) is 26.8. The standard InChI is InChI=1S/C35H44N6O4/c1-35(2,3)45-34(43)41-17-16-40(21-25(41)13-14-36)32-29-12-11-24(30-20-27(42)18-23-8-5-6-10-28(23)30)19-31(29)37-33(38-32)44-22-26-9-7-15-39(26)4/h5-6,8,10,18,20,24-26,42H,7,9,11-13,15-17,19,21-22H2,1-4H3/t24?,25?,26-/m0/s1. The van der Waals surface area contributed by atoms with Crippen LogP contribution in [0.5, 0.6) is 11.8 Å². The lowest BCUT2D eigenvalue weighted by Crippen LogP contribution is -2.56. The molecule has 0 spiro atoms. The summed E-state index contributed by atoms with van der Waals surface area (Å²) in [5, 5.41) is 22.4. The Labute approximate surface area is 265 Å². The number of phenolic OH excluding ortho intramolecular Hbond substituents is 1. The number of nitriles is 1. The number of rotatable bonds is 6. The summed E-state index contributed by atoms with van der Waals surface area (Å²) >= 11 is 0. The first-order valence-corrected chi connectivity index (χ1v) is 16.2. The maximum absolute atomic E-state index is 13.1. The first kappa shape index (κ1) is 30.9. The fourth-order valence-corrected chi connectivity index (χ4v) is 7.08. The molecule has 3 heterocycles. The number of ether oxygens (including phenoxy) is 2. The van der Waals surface area contributed by atoms with Gasteiger partial charge in [0.25, 0.3) is 0 Å². The van der Waals surface area contributed by atoms with Crippen molar-refractivity contribution >= 4 is 22.7 Å². The van der Waals surface area contributed by atoms with Gasteiger partial charge < -0.3 is 29.3 Å². The van der Waals surface area contributed by atoms with E-state index < -0.39 is 11.7 Å². The number of phenols is 1. The van der Waals surface area contributed by atoms with Crippen LogP contribution in [0.25, 0.3) is 10.8 Å². The molecule has 3 atom stereocenters. The minimum Gasteiger partial charge on any atom is -0.508 e. The number of aromatic nitrogens is 2. The number of benzene rings is 2. The Kier molecular flexibility index (Phi) is 8.74. The lowest BCUT2D eigenvalue weighted by Gasteiger charge is -2.42. The topological polar surface area (TPSA) is 115 Å². The molecule has 2 unspecified atom stereocenters. The number of piperazine rings is 1. The second-order valence-electron chi connectivity index (χ2n) is 13.7. The molecule has 1 amide bonds. The van der Waals surface area contributed by atoms with E-state index in [0.29, 0.717) is 44.7 Å². The minimum atomic E-state index is -0.617. The number of carbonyl (C=O) groups excluding carboxylic acids is 1. The maximum atomic E-state index is 13.1. The molecular weight excluding hydrogens is 568 g/mol. The van der Waals surface area contributed by atoms with Crippen molar-refractivity contribution in [3.05, 3.63) is 53.2 Å². The van der Waals surface area contributed by atoms with E-state index in [1.165, 1.54) is 0 Å². The molecule has 2 aliphatic heterocycles. The second kappa shape index (κ2) is 12.7. The molecule has 2 saturated heterocycles. The van der Waals surface area contributed by atoms with Gasteiger partial charge in [-0.05, 0) is 101 Å². The zero-order valence-corrected chi connectivity index (χ0v) is 26.8. The highest BCUT2D eigenvalue weighted by Gasteiger charge is 2.36. The Morgan fingerprint density at radius 1 is 1.11 bits per heavy atom. The summed E-state index contributed by atoms with van der Waals surface area (Å²) in [5.74, 6) is 1.29. The van der Waals surface area contributed by atoms with E-state index >= 15 is 0 Å². The van der Waals surface area contributed by atoms with Crippen LogP contribution in [-0.2, 0) is 17.6 Å². The van der Waals surface area contributed by atoms with E-state index in [1.807, 2.05) is 51.1 Å². The molecule has 10 heteroatoms. The molecule has 45 heavy (non-hydrogen) atoms. The number of nitrogens with zero attached hydrogens (tertiary/aromatic N) is 6. The largest absolute Gasteiger partial charge is 0.508 e. The number of likely N-dealkylation sites (tertiary alicyclic amines) is 1. The van der Waals surface area contributed by atoms with Crippen LogP contribution in [-0.4, -0.2) is 88.5 Å². The summed E-state index contributed by atoms with van der Waals surface area (Å²) in [6.45, 7) is 8.62. The first-order valence-electron chi connectivity index (χ1n) is 16.2. The minimum absolute atomic E-state index is 0.182. The number of hydrogen-bond donors (Lipinski definition) is 1.